The normalized spacial score (nSPS) is 11.9. The third kappa shape index (κ3) is 5.77. The summed E-state index contributed by atoms with van der Waals surface area (Å²) in [6, 6.07) is 15.8. The van der Waals surface area contributed by atoms with Crippen LogP contribution in [-0.4, -0.2) is 45.2 Å². The van der Waals surface area contributed by atoms with Crippen molar-refractivity contribution in [2.75, 3.05) is 34.4 Å². The number of aryl methyl sites for hydroxylation is 1. The van der Waals surface area contributed by atoms with Gasteiger partial charge in [0.2, 0.25) is 0 Å². The second kappa shape index (κ2) is 9.82. The number of ether oxygens (including phenoxy) is 2. The van der Waals surface area contributed by atoms with Crippen LogP contribution in [0.2, 0.25) is 0 Å². The molecule has 2 rings (SSSR count). The quantitative estimate of drug-likeness (QED) is 0.750. The molecular weight excluding hydrogens is 328 g/mol. The molecule has 0 bridgehead atoms. The largest absolute Gasteiger partial charge is 0.497 e. The molecule has 0 heterocycles. The summed E-state index contributed by atoms with van der Waals surface area (Å²) in [4.78, 5) is 14.2. The molecule has 0 aliphatic carbocycles. The zero-order valence-corrected chi connectivity index (χ0v) is 16.0. The van der Waals surface area contributed by atoms with Crippen LogP contribution in [0.3, 0.4) is 0 Å². The van der Waals surface area contributed by atoms with Gasteiger partial charge in [0.15, 0.2) is 6.61 Å². The number of carbonyl (C=O) groups excluding carboxylic acids is 1. The summed E-state index contributed by atoms with van der Waals surface area (Å²) >= 11 is 0. The van der Waals surface area contributed by atoms with E-state index in [-0.39, 0.29) is 18.6 Å². The Labute approximate surface area is 155 Å². The zero-order valence-electron chi connectivity index (χ0n) is 16.0. The maximum atomic E-state index is 12.1. The molecule has 0 fully saturated rings. The van der Waals surface area contributed by atoms with Gasteiger partial charge in [0.1, 0.15) is 11.5 Å². The maximum Gasteiger partial charge on any atom is 0.258 e. The third-order valence-corrected chi connectivity index (χ3v) is 4.32. The highest BCUT2D eigenvalue weighted by Gasteiger charge is 2.15. The van der Waals surface area contributed by atoms with Crippen molar-refractivity contribution in [3.8, 4) is 11.5 Å². The molecule has 0 spiro atoms. The molecule has 0 radical (unpaired) electrons. The minimum Gasteiger partial charge on any atom is -0.497 e. The fourth-order valence-corrected chi connectivity index (χ4v) is 2.66. The molecule has 140 valence electrons. The SMILES string of the molecule is CCc1ccc(C(CNC(=O)COc2ccc(OC)cc2)N(C)C)cc1. The van der Waals surface area contributed by atoms with Gasteiger partial charge in [-0.3, -0.25) is 4.79 Å². The number of nitrogens with one attached hydrogen (secondary N) is 1. The summed E-state index contributed by atoms with van der Waals surface area (Å²) in [5, 5.41) is 2.95. The topological polar surface area (TPSA) is 50.8 Å². The van der Waals surface area contributed by atoms with Crippen LogP contribution in [0.4, 0.5) is 0 Å². The highest BCUT2D eigenvalue weighted by molar-refractivity contribution is 5.77. The maximum absolute atomic E-state index is 12.1. The Morgan fingerprint density at radius 1 is 1.04 bits per heavy atom. The van der Waals surface area contributed by atoms with E-state index in [1.807, 2.05) is 14.1 Å². The Bertz CT molecular complexity index is 681. The Hall–Kier alpha value is -2.53. The molecule has 5 heteroatoms. The molecule has 0 aliphatic heterocycles. The van der Waals surface area contributed by atoms with E-state index in [2.05, 4.69) is 41.4 Å². The van der Waals surface area contributed by atoms with Crippen molar-refractivity contribution in [1.29, 1.82) is 0 Å². The number of nitrogens with zero attached hydrogens (tertiary/aromatic N) is 1. The lowest BCUT2D eigenvalue weighted by atomic mass is 10.0. The lowest BCUT2D eigenvalue weighted by Gasteiger charge is -2.25. The van der Waals surface area contributed by atoms with Crippen molar-refractivity contribution in [3.63, 3.8) is 0 Å². The van der Waals surface area contributed by atoms with Gasteiger partial charge in [-0.05, 0) is 55.9 Å². The van der Waals surface area contributed by atoms with Gasteiger partial charge in [-0.2, -0.15) is 0 Å². The van der Waals surface area contributed by atoms with Crippen LogP contribution in [0.1, 0.15) is 24.1 Å². The van der Waals surface area contributed by atoms with Crippen LogP contribution in [0.15, 0.2) is 48.5 Å². The Morgan fingerprint density at radius 3 is 2.19 bits per heavy atom. The summed E-state index contributed by atoms with van der Waals surface area (Å²) in [6.07, 6.45) is 1.02. The van der Waals surface area contributed by atoms with E-state index in [1.54, 1.807) is 31.4 Å². The van der Waals surface area contributed by atoms with Gasteiger partial charge in [-0.15, -0.1) is 0 Å². The van der Waals surface area contributed by atoms with E-state index in [1.165, 1.54) is 11.1 Å². The number of benzene rings is 2. The van der Waals surface area contributed by atoms with Crippen molar-refractivity contribution in [3.05, 3.63) is 59.7 Å². The molecule has 0 aromatic heterocycles. The molecule has 1 amide bonds. The predicted octanol–water partition coefficient (Wildman–Crippen LogP) is 3.06. The van der Waals surface area contributed by atoms with Crippen LogP contribution in [0.25, 0.3) is 0 Å². The van der Waals surface area contributed by atoms with Gasteiger partial charge < -0.3 is 19.7 Å². The van der Waals surface area contributed by atoms with E-state index in [9.17, 15) is 4.79 Å². The lowest BCUT2D eigenvalue weighted by molar-refractivity contribution is -0.123. The fourth-order valence-electron chi connectivity index (χ4n) is 2.66. The average molecular weight is 356 g/mol. The summed E-state index contributed by atoms with van der Waals surface area (Å²) in [6.45, 7) is 2.66. The highest BCUT2D eigenvalue weighted by Crippen LogP contribution is 2.19. The molecule has 26 heavy (non-hydrogen) atoms. The summed E-state index contributed by atoms with van der Waals surface area (Å²) in [5.41, 5.74) is 2.49. The van der Waals surface area contributed by atoms with Gasteiger partial charge >= 0.3 is 0 Å². The lowest BCUT2D eigenvalue weighted by Crippen LogP contribution is -2.36. The molecule has 0 saturated heterocycles. The fraction of sp³-hybridized carbons (Fsp3) is 0.381. The van der Waals surface area contributed by atoms with Crippen molar-refractivity contribution in [2.45, 2.75) is 19.4 Å². The minimum absolute atomic E-state index is 0.0126. The summed E-state index contributed by atoms with van der Waals surface area (Å²) in [5.74, 6) is 1.25. The van der Waals surface area contributed by atoms with Crippen LogP contribution in [-0.2, 0) is 11.2 Å². The molecule has 1 unspecified atom stereocenters. The van der Waals surface area contributed by atoms with E-state index < -0.39 is 0 Å². The second-order valence-electron chi connectivity index (χ2n) is 6.34. The van der Waals surface area contributed by atoms with Crippen LogP contribution in [0, 0.1) is 0 Å². The van der Waals surface area contributed by atoms with E-state index in [4.69, 9.17) is 9.47 Å². The Balaban J connectivity index is 1.86. The molecule has 0 aliphatic rings. The van der Waals surface area contributed by atoms with Gasteiger partial charge in [-0.25, -0.2) is 0 Å². The van der Waals surface area contributed by atoms with Crippen LogP contribution in [0.5, 0.6) is 11.5 Å². The van der Waals surface area contributed by atoms with Crippen LogP contribution < -0.4 is 14.8 Å². The molecular formula is C21H28N2O3. The number of carbonyl (C=O) groups is 1. The number of rotatable bonds is 9. The standard InChI is InChI=1S/C21H28N2O3/c1-5-16-6-8-17(9-7-16)20(23(2)3)14-22-21(24)15-26-19-12-10-18(25-4)11-13-19/h6-13,20H,5,14-15H2,1-4H3,(H,22,24). The third-order valence-electron chi connectivity index (χ3n) is 4.32. The average Bonchev–Trinajstić information content (AvgIpc) is 2.67. The van der Waals surface area contributed by atoms with Gasteiger partial charge in [0.25, 0.3) is 5.91 Å². The monoisotopic (exact) mass is 356 g/mol. The van der Waals surface area contributed by atoms with Crippen molar-refractivity contribution in [1.82, 2.24) is 10.2 Å². The number of hydrogen-bond acceptors (Lipinski definition) is 4. The molecule has 2 aromatic carbocycles. The summed E-state index contributed by atoms with van der Waals surface area (Å²) in [7, 11) is 5.64. The Kier molecular flexibility index (Phi) is 7.48. The number of amides is 1. The zero-order chi connectivity index (χ0) is 18.9. The number of hydrogen-bond donors (Lipinski definition) is 1. The highest BCUT2D eigenvalue weighted by atomic mass is 16.5. The predicted molar refractivity (Wildman–Crippen MR) is 104 cm³/mol. The first kappa shape index (κ1) is 19.8. The van der Waals surface area contributed by atoms with Crippen LogP contribution >= 0.6 is 0 Å². The number of likely N-dealkylation sites (N-methyl/N-ethyl adjacent to an activating group) is 1. The van der Waals surface area contributed by atoms with Gasteiger partial charge in [0, 0.05) is 6.54 Å². The minimum atomic E-state index is -0.141. The molecule has 5 nitrogen and oxygen atoms in total. The number of methoxy groups -OCH3 is 1. The summed E-state index contributed by atoms with van der Waals surface area (Å²) < 4.78 is 10.6. The first-order chi connectivity index (χ1) is 12.5. The molecule has 1 atom stereocenters. The van der Waals surface area contributed by atoms with Crippen molar-refractivity contribution < 1.29 is 14.3 Å². The van der Waals surface area contributed by atoms with Crippen molar-refractivity contribution >= 4 is 5.91 Å². The second-order valence-corrected chi connectivity index (χ2v) is 6.34. The van der Waals surface area contributed by atoms with E-state index in [0.29, 0.717) is 12.3 Å². The molecule has 2 aromatic rings. The molecule has 0 saturated carbocycles. The van der Waals surface area contributed by atoms with Crippen molar-refractivity contribution in [2.24, 2.45) is 0 Å². The first-order valence-electron chi connectivity index (χ1n) is 8.82. The Morgan fingerprint density at radius 2 is 1.65 bits per heavy atom. The van der Waals surface area contributed by atoms with Gasteiger partial charge in [0.05, 0.1) is 13.2 Å². The van der Waals surface area contributed by atoms with Gasteiger partial charge in [-0.1, -0.05) is 31.2 Å². The van der Waals surface area contributed by atoms with E-state index in [0.717, 1.165) is 12.2 Å². The van der Waals surface area contributed by atoms with E-state index >= 15 is 0 Å². The molecule has 1 N–H and O–H groups in total. The smallest absolute Gasteiger partial charge is 0.258 e. The first-order valence-corrected chi connectivity index (χ1v) is 8.82.